The van der Waals surface area contributed by atoms with Gasteiger partial charge in [-0.25, -0.2) is 4.79 Å². The van der Waals surface area contributed by atoms with Crippen LogP contribution in [0.4, 0.5) is 0 Å². The maximum atomic E-state index is 11.8. The lowest BCUT2D eigenvalue weighted by molar-refractivity contribution is -0.153. The van der Waals surface area contributed by atoms with Gasteiger partial charge in [-0.05, 0) is 63.4 Å². The highest BCUT2D eigenvalue weighted by atomic mass is 16.5. The van der Waals surface area contributed by atoms with Crippen LogP contribution in [0, 0.1) is 0 Å². The molecule has 0 amide bonds. The van der Waals surface area contributed by atoms with Gasteiger partial charge in [-0.2, -0.15) is 0 Å². The molecule has 0 bridgehead atoms. The Morgan fingerprint density at radius 3 is 2.90 bits per heavy atom. The fraction of sp³-hybridized carbons (Fsp3) is 0.588. The van der Waals surface area contributed by atoms with E-state index >= 15 is 0 Å². The summed E-state index contributed by atoms with van der Waals surface area (Å²) in [5.74, 6) is -0.161. The second-order valence-electron chi connectivity index (χ2n) is 5.71. The predicted molar refractivity (Wildman–Crippen MR) is 82.1 cm³/mol. The maximum absolute atomic E-state index is 11.8. The lowest BCUT2D eigenvalue weighted by atomic mass is 9.87. The van der Waals surface area contributed by atoms with E-state index in [9.17, 15) is 9.90 Å². The minimum Gasteiger partial charge on any atom is -0.464 e. The van der Waals surface area contributed by atoms with Gasteiger partial charge in [0.05, 0.1) is 6.61 Å². The second-order valence-corrected chi connectivity index (χ2v) is 5.71. The Balaban J connectivity index is 2.21. The third-order valence-electron chi connectivity index (χ3n) is 4.19. The summed E-state index contributed by atoms with van der Waals surface area (Å²) in [6.45, 7) is 4.19. The van der Waals surface area contributed by atoms with Crippen molar-refractivity contribution in [2.24, 2.45) is 0 Å². The zero-order valence-electron chi connectivity index (χ0n) is 12.9. The van der Waals surface area contributed by atoms with E-state index in [1.54, 1.807) is 6.92 Å². The molecule has 0 spiro atoms. The molecule has 2 unspecified atom stereocenters. The molecule has 1 aromatic carbocycles. The molecule has 0 aromatic heterocycles. The van der Waals surface area contributed by atoms with Gasteiger partial charge < -0.3 is 14.7 Å². The summed E-state index contributed by atoms with van der Waals surface area (Å²) < 4.78 is 4.94. The van der Waals surface area contributed by atoms with Crippen LogP contribution in [-0.2, 0) is 9.53 Å². The molecular weight excluding hydrogens is 266 g/mol. The normalized spacial score (nSPS) is 21.6. The van der Waals surface area contributed by atoms with Gasteiger partial charge in [0.1, 0.15) is 0 Å². The van der Waals surface area contributed by atoms with E-state index in [1.165, 1.54) is 0 Å². The first-order valence-electron chi connectivity index (χ1n) is 7.75. The Hall–Kier alpha value is -1.39. The third kappa shape index (κ3) is 4.05. The lowest BCUT2D eigenvalue weighted by Gasteiger charge is -2.21. The first-order valence-corrected chi connectivity index (χ1v) is 7.75. The molecule has 21 heavy (non-hydrogen) atoms. The first-order chi connectivity index (χ1) is 10.1. The van der Waals surface area contributed by atoms with E-state index in [2.05, 4.69) is 11.9 Å². The van der Waals surface area contributed by atoms with Crippen LogP contribution in [0.5, 0.6) is 0 Å². The summed E-state index contributed by atoms with van der Waals surface area (Å²) in [4.78, 5) is 14.2. The molecule has 1 aliphatic rings. The number of carbonyl (C=O) groups is 1. The molecule has 1 N–H and O–H groups in total. The lowest BCUT2D eigenvalue weighted by Crippen LogP contribution is -2.19. The molecule has 0 aliphatic carbocycles. The van der Waals surface area contributed by atoms with E-state index in [1.807, 2.05) is 24.3 Å². The van der Waals surface area contributed by atoms with Crippen LogP contribution < -0.4 is 0 Å². The summed E-state index contributed by atoms with van der Waals surface area (Å²) in [6, 6.07) is 7.72. The Kier molecular flexibility index (Phi) is 5.76. The van der Waals surface area contributed by atoms with Gasteiger partial charge in [-0.1, -0.05) is 24.3 Å². The molecule has 1 aromatic rings. The van der Waals surface area contributed by atoms with Gasteiger partial charge in [0, 0.05) is 0 Å². The standard InChI is InChI=1S/C17H25NO3/c1-3-21-17(20)16(19)15-9-5-4-8-14(15)13-7-6-11-18(2)12-10-13/h4-5,8-9,13,16,19H,3,6-7,10-12H2,1-2H3. The Bertz CT molecular complexity index is 475. The summed E-state index contributed by atoms with van der Waals surface area (Å²) >= 11 is 0. The number of likely N-dealkylation sites (tertiary alicyclic amines) is 1. The molecule has 2 atom stereocenters. The summed E-state index contributed by atoms with van der Waals surface area (Å²) in [7, 11) is 2.14. The number of aliphatic hydroxyl groups is 1. The maximum Gasteiger partial charge on any atom is 0.339 e. The van der Waals surface area contributed by atoms with Gasteiger partial charge in [-0.15, -0.1) is 0 Å². The molecule has 0 saturated carbocycles. The van der Waals surface area contributed by atoms with Gasteiger partial charge in [0.25, 0.3) is 0 Å². The van der Waals surface area contributed by atoms with E-state index in [-0.39, 0.29) is 6.61 Å². The van der Waals surface area contributed by atoms with Crippen molar-refractivity contribution in [1.82, 2.24) is 4.90 Å². The highest BCUT2D eigenvalue weighted by molar-refractivity contribution is 5.76. The van der Waals surface area contributed by atoms with Crippen LogP contribution in [0.3, 0.4) is 0 Å². The van der Waals surface area contributed by atoms with Crippen LogP contribution in [0.25, 0.3) is 0 Å². The van der Waals surface area contributed by atoms with E-state index in [4.69, 9.17) is 4.74 Å². The molecule has 1 heterocycles. The van der Waals surface area contributed by atoms with Crippen molar-refractivity contribution in [2.75, 3.05) is 26.7 Å². The zero-order valence-corrected chi connectivity index (χ0v) is 12.9. The van der Waals surface area contributed by atoms with E-state index in [0.717, 1.165) is 37.9 Å². The SMILES string of the molecule is CCOC(=O)C(O)c1ccccc1C1CCCN(C)CC1. The number of hydrogen-bond donors (Lipinski definition) is 1. The van der Waals surface area contributed by atoms with Gasteiger partial charge >= 0.3 is 5.97 Å². The van der Waals surface area contributed by atoms with Crippen molar-refractivity contribution in [1.29, 1.82) is 0 Å². The summed E-state index contributed by atoms with van der Waals surface area (Å²) in [5.41, 5.74) is 1.79. The molecule has 1 fully saturated rings. The van der Waals surface area contributed by atoms with Crippen molar-refractivity contribution in [3.63, 3.8) is 0 Å². The van der Waals surface area contributed by atoms with Crippen LogP contribution in [-0.4, -0.2) is 42.7 Å². The number of nitrogens with zero attached hydrogens (tertiary/aromatic N) is 1. The van der Waals surface area contributed by atoms with Gasteiger partial charge in [0.2, 0.25) is 0 Å². The summed E-state index contributed by atoms with van der Waals surface area (Å²) in [5, 5.41) is 10.3. The zero-order chi connectivity index (χ0) is 15.2. The number of ether oxygens (including phenoxy) is 1. The molecule has 1 saturated heterocycles. The van der Waals surface area contributed by atoms with Crippen LogP contribution in [0.15, 0.2) is 24.3 Å². The largest absolute Gasteiger partial charge is 0.464 e. The van der Waals surface area contributed by atoms with Crippen LogP contribution in [0.1, 0.15) is 49.3 Å². The van der Waals surface area contributed by atoms with Crippen molar-refractivity contribution < 1.29 is 14.6 Å². The molecule has 1 aliphatic heterocycles. The van der Waals surface area contributed by atoms with Gasteiger partial charge in [0.15, 0.2) is 6.10 Å². The smallest absolute Gasteiger partial charge is 0.339 e. The minimum atomic E-state index is -1.18. The molecule has 0 radical (unpaired) electrons. The van der Waals surface area contributed by atoms with Crippen molar-refractivity contribution in [3.8, 4) is 0 Å². The number of esters is 1. The minimum absolute atomic E-state index is 0.284. The third-order valence-corrected chi connectivity index (χ3v) is 4.19. The highest BCUT2D eigenvalue weighted by Crippen LogP contribution is 2.33. The number of carbonyl (C=O) groups excluding carboxylic acids is 1. The molecule has 2 rings (SSSR count). The molecular formula is C17H25NO3. The quantitative estimate of drug-likeness (QED) is 0.866. The molecule has 116 valence electrons. The average molecular weight is 291 g/mol. The van der Waals surface area contributed by atoms with Crippen LogP contribution in [0.2, 0.25) is 0 Å². The Labute approximate surface area is 126 Å². The average Bonchev–Trinajstić information content (AvgIpc) is 2.71. The first kappa shape index (κ1) is 16.0. The van der Waals surface area contributed by atoms with Crippen molar-refractivity contribution in [2.45, 2.75) is 38.2 Å². The highest BCUT2D eigenvalue weighted by Gasteiger charge is 2.25. The second kappa shape index (κ2) is 7.57. The fourth-order valence-corrected chi connectivity index (χ4v) is 3.03. The Morgan fingerprint density at radius 1 is 1.38 bits per heavy atom. The van der Waals surface area contributed by atoms with Crippen molar-refractivity contribution >= 4 is 5.97 Å². The number of aliphatic hydroxyl groups excluding tert-OH is 1. The van der Waals surface area contributed by atoms with E-state index < -0.39 is 12.1 Å². The van der Waals surface area contributed by atoms with Crippen LogP contribution >= 0.6 is 0 Å². The van der Waals surface area contributed by atoms with Crippen molar-refractivity contribution in [3.05, 3.63) is 35.4 Å². The number of benzene rings is 1. The predicted octanol–water partition coefficient (Wildman–Crippen LogP) is 2.48. The number of rotatable bonds is 4. The summed E-state index contributed by atoms with van der Waals surface area (Å²) in [6.07, 6.45) is 2.12. The Morgan fingerprint density at radius 2 is 2.14 bits per heavy atom. The van der Waals surface area contributed by atoms with Gasteiger partial charge in [-0.3, -0.25) is 0 Å². The number of hydrogen-bond acceptors (Lipinski definition) is 4. The molecule has 4 nitrogen and oxygen atoms in total. The van der Waals surface area contributed by atoms with E-state index in [0.29, 0.717) is 11.5 Å². The monoisotopic (exact) mass is 291 g/mol. The molecule has 4 heteroatoms. The topological polar surface area (TPSA) is 49.8 Å². The fourth-order valence-electron chi connectivity index (χ4n) is 3.03.